The predicted octanol–water partition coefficient (Wildman–Crippen LogP) is 1.84. The van der Waals surface area contributed by atoms with Crippen LogP contribution in [0.5, 0.6) is 0 Å². The number of carbonyl (C=O) groups excluding carboxylic acids is 2. The number of hydrogen-bond donors (Lipinski definition) is 0. The van der Waals surface area contributed by atoms with Crippen LogP contribution in [0.2, 0.25) is 0 Å². The van der Waals surface area contributed by atoms with Crippen molar-refractivity contribution in [3.63, 3.8) is 0 Å². The third-order valence-corrected chi connectivity index (χ3v) is 4.07. The Morgan fingerprint density at radius 1 is 1.60 bits per heavy atom. The van der Waals surface area contributed by atoms with Crippen LogP contribution in [0.3, 0.4) is 0 Å². The molecule has 1 atom stereocenters. The first kappa shape index (κ1) is 14.7. The first-order chi connectivity index (χ1) is 9.54. The Morgan fingerprint density at radius 3 is 2.95 bits per heavy atom. The minimum Gasteiger partial charge on any atom is -0.467 e. The van der Waals surface area contributed by atoms with Gasteiger partial charge in [-0.1, -0.05) is 30.0 Å². The summed E-state index contributed by atoms with van der Waals surface area (Å²) in [4.78, 5) is 29.6. The topological polar surface area (TPSA) is 59.5 Å². The van der Waals surface area contributed by atoms with Gasteiger partial charge in [-0.25, -0.2) is 4.79 Å². The van der Waals surface area contributed by atoms with Crippen molar-refractivity contribution >= 4 is 46.3 Å². The highest BCUT2D eigenvalue weighted by Crippen LogP contribution is 2.33. The molecule has 1 aromatic rings. The third kappa shape index (κ3) is 2.88. The number of carbonyl (C=O) groups is 2. The van der Waals surface area contributed by atoms with E-state index in [0.29, 0.717) is 9.23 Å². The Hall–Kier alpha value is -1.73. The van der Waals surface area contributed by atoms with E-state index in [4.69, 9.17) is 12.2 Å². The molecule has 104 valence electrons. The van der Waals surface area contributed by atoms with Crippen LogP contribution in [0.15, 0.2) is 29.4 Å². The van der Waals surface area contributed by atoms with Gasteiger partial charge in [-0.2, -0.15) is 0 Å². The fraction of sp³-hybridized carbons (Fsp3) is 0.231. The molecule has 2 rings (SSSR count). The Labute approximate surface area is 126 Å². The predicted molar refractivity (Wildman–Crippen MR) is 80.7 cm³/mol. The molecule has 0 aliphatic carbocycles. The van der Waals surface area contributed by atoms with Crippen LogP contribution < -0.4 is 0 Å². The smallest absolute Gasteiger partial charge is 0.328 e. The SMILES string of the molecule is COC(=O)C(C)N1C(=O)/C(=C/c2cccnc2)SC1=S. The van der Waals surface area contributed by atoms with E-state index < -0.39 is 12.0 Å². The van der Waals surface area contributed by atoms with Crippen molar-refractivity contribution in [2.45, 2.75) is 13.0 Å². The number of thioether (sulfide) groups is 1. The number of hydrogen-bond acceptors (Lipinski definition) is 6. The summed E-state index contributed by atoms with van der Waals surface area (Å²) >= 11 is 6.32. The molecule has 1 aliphatic rings. The summed E-state index contributed by atoms with van der Waals surface area (Å²) in [6.45, 7) is 1.59. The molecule has 1 aromatic heterocycles. The van der Waals surface area contributed by atoms with E-state index in [0.717, 1.165) is 5.56 Å². The molecule has 1 saturated heterocycles. The number of methoxy groups -OCH3 is 1. The van der Waals surface area contributed by atoms with E-state index >= 15 is 0 Å². The highest BCUT2D eigenvalue weighted by atomic mass is 32.2. The summed E-state index contributed by atoms with van der Waals surface area (Å²) < 4.78 is 4.99. The van der Waals surface area contributed by atoms with Crippen molar-refractivity contribution in [3.05, 3.63) is 35.0 Å². The first-order valence-corrected chi connectivity index (χ1v) is 7.02. The van der Waals surface area contributed by atoms with Gasteiger partial charge < -0.3 is 4.74 Å². The number of aromatic nitrogens is 1. The largest absolute Gasteiger partial charge is 0.467 e. The minimum atomic E-state index is -0.729. The number of esters is 1. The van der Waals surface area contributed by atoms with Gasteiger partial charge >= 0.3 is 5.97 Å². The van der Waals surface area contributed by atoms with Crippen LogP contribution in [0, 0.1) is 0 Å². The summed E-state index contributed by atoms with van der Waals surface area (Å²) in [7, 11) is 1.28. The maximum Gasteiger partial charge on any atom is 0.328 e. The quantitative estimate of drug-likeness (QED) is 0.482. The lowest BCUT2D eigenvalue weighted by atomic mass is 10.2. The van der Waals surface area contributed by atoms with Gasteiger partial charge in [0.25, 0.3) is 5.91 Å². The molecule has 1 amide bonds. The summed E-state index contributed by atoms with van der Waals surface area (Å²) in [5, 5.41) is 0. The number of ether oxygens (including phenoxy) is 1. The van der Waals surface area contributed by atoms with Gasteiger partial charge in [0.1, 0.15) is 10.4 Å². The van der Waals surface area contributed by atoms with Crippen LogP contribution in [-0.2, 0) is 14.3 Å². The summed E-state index contributed by atoms with van der Waals surface area (Å²) in [6.07, 6.45) is 5.01. The summed E-state index contributed by atoms with van der Waals surface area (Å²) in [5.41, 5.74) is 0.804. The maximum absolute atomic E-state index is 12.3. The van der Waals surface area contributed by atoms with Gasteiger partial charge in [0.2, 0.25) is 0 Å². The van der Waals surface area contributed by atoms with Crippen LogP contribution >= 0.6 is 24.0 Å². The molecule has 20 heavy (non-hydrogen) atoms. The second kappa shape index (κ2) is 6.15. The van der Waals surface area contributed by atoms with Crippen molar-refractivity contribution in [2.75, 3.05) is 7.11 Å². The zero-order valence-electron chi connectivity index (χ0n) is 10.9. The van der Waals surface area contributed by atoms with Gasteiger partial charge in [0, 0.05) is 12.4 Å². The summed E-state index contributed by atoms with van der Waals surface area (Å²) in [5.74, 6) is -0.786. The van der Waals surface area contributed by atoms with Crippen LogP contribution in [0.1, 0.15) is 12.5 Å². The maximum atomic E-state index is 12.3. The fourth-order valence-electron chi connectivity index (χ4n) is 1.70. The molecule has 0 bridgehead atoms. The van der Waals surface area contributed by atoms with Crippen molar-refractivity contribution in [3.8, 4) is 0 Å². The van der Waals surface area contributed by atoms with E-state index in [1.807, 2.05) is 6.07 Å². The van der Waals surface area contributed by atoms with Gasteiger partial charge in [-0.05, 0) is 24.6 Å². The zero-order chi connectivity index (χ0) is 14.7. The van der Waals surface area contributed by atoms with Gasteiger partial charge in [0.15, 0.2) is 0 Å². The van der Waals surface area contributed by atoms with Crippen molar-refractivity contribution in [2.24, 2.45) is 0 Å². The van der Waals surface area contributed by atoms with Crippen LogP contribution in [0.25, 0.3) is 6.08 Å². The molecule has 0 aromatic carbocycles. The highest BCUT2D eigenvalue weighted by Gasteiger charge is 2.38. The van der Waals surface area contributed by atoms with E-state index in [-0.39, 0.29) is 5.91 Å². The van der Waals surface area contributed by atoms with Crippen molar-refractivity contribution < 1.29 is 14.3 Å². The van der Waals surface area contributed by atoms with E-state index in [2.05, 4.69) is 9.72 Å². The van der Waals surface area contributed by atoms with Gasteiger partial charge in [-0.15, -0.1) is 0 Å². The van der Waals surface area contributed by atoms with Gasteiger partial charge in [-0.3, -0.25) is 14.7 Å². The number of rotatable bonds is 3. The lowest BCUT2D eigenvalue weighted by Gasteiger charge is -2.20. The average molecular weight is 308 g/mol. The third-order valence-electron chi connectivity index (χ3n) is 2.74. The Morgan fingerprint density at radius 2 is 2.35 bits per heavy atom. The zero-order valence-corrected chi connectivity index (χ0v) is 12.5. The molecule has 1 aliphatic heterocycles. The Kier molecular flexibility index (Phi) is 4.51. The number of pyridine rings is 1. The van der Waals surface area contributed by atoms with Crippen LogP contribution in [-0.4, -0.2) is 39.2 Å². The van der Waals surface area contributed by atoms with Gasteiger partial charge in [0.05, 0.1) is 12.0 Å². The highest BCUT2D eigenvalue weighted by molar-refractivity contribution is 8.26. The normalized spacial score (nSPS) is 18.5. The molecule has 1 fully saturated rings. The number of nitrogens with zero attached hydrogens (tertiary/aromatic N) is 2. The molecule has 7 heteroatoms. The second-order valence-electron chi connectivity index (χ2n) is 4.04. The van der Waals surface area contributed by atoms with Crippen molar-refractivity contribution in [1.29, 1.82) is 0 Å². The van der Waals surface area contributed by atoms with E-state index in [9.17, 15) is 9.59 Å². The molecule has 0 saturated carbocycles. The number of thiocarbonyl (C=S) groups is 1. The Bertz CT molecular complexity index is 587. The summed E-state index contributed by atoms with van der Waals surface area (Å²) in [6, 6.07) is 2.89. The molecule has 0 radical (unpaired) electrons. The first-order valence-electron chi connectivity index (χ1n) is 5.79. The second-order valence-corrected chi connectivity index (χ2v) is 5.71. The molecule has 5 nitrogen and oxygen atoms in total. The lowest BCUT2D eigenvalue weighted by molar-refractivity contribution is -0.147. The average Bonchev–Trinajstić information content (AvgIpc) is 2.73. The van der Waals surface area contributed by atoms with Crippen LogP contribution in [0.4, 0.5) is 0 Å². The Balaban J connectivity index is 2.25. The molecule has 1 unspecified atom stereocenters. The molecular weight excluding hydrogens is 296 g/mol. The van der Waals surface area contributed by atoms with E-state index in [1.54, 1.807) is 31.5 Å². The molecular formula is C13H12N2O3S2. The minimum absolute atomic E-state index is 0.290. The lowest BCUT2D eigenvalue weighted by Crippen LogP contribution is -2.42. The molecule has 2 heterocycles. The fourth-order valence-corrected chi connectivity index (χ4v) is 3.12. The molecule has 0 spiro atoms. The standard InChI is InChI=1S/C13H12N2O3S2/c1-8(12(17)18-2)15-11(16)10(20-13(15)19)6-9-4-3-5-14-7-9/h3-8H,1-2H3/b10-6-. The number of amides is 1. The van der Waals surface area contributed by atoms with Crippen molar-refractivity contribution in [1.82, 2.24) is 9.88 Å². The van der Waals surface area contributed by atoms with E-state index in [1.165, 1.54) is 23.8 Å². The molecule has 0 N–H and O–H groups in total. The monoisotopic (exact) mass is 308 g/mol.